The number of hydrogen-bond donors (Lipinski definition) is 0. The Morgan fingerprint density at radius 3 is 2.22 bits per heavy atom. The Labute approximate surface area is 246 Å². The average Bonchev–Trinajstić information content (AvgIpc) is 3.46. The van der Waals surface area contributed by atoms with E-state index in [9.17, 15) is 0 Å². The van der Waals surface area contributed by atoms with Gasteiger partial charge in [-0.2, -0.15) is 4.57 Å². The van der Waals surface area contributed by atoms with Gasteiger partial charge >= 0.3 is 0 Å². The zero-order valence-corrected chi connectivity index (χ0v) is 25.4. The van der Waals surface area contributed by atoms with Gasteiger partial charge in [-0.05, 0) is 84.0 Å². The molecule has 2 aromatic heterocycles. The Morgan fingerprint density at radius 1 is 0.683 bits per heavy atom. The summed E-state index contributed by atoms with van der Waals surface area (Å²) < 4.78 is 7.56. The molecule has 41 heavy (non-hydrogen) atoms. The van der Waals surface area contributed by atoms with Crippen molar-refractivity contribution < 1.29 is 4.57 Å². The van der Waals surface area contributed by atoms with Crippen LogP contribution in [0.5, 0.6) is 0 Å². The molecule has 0 radical (unpaired) electrons. The van der Waals surface area contributed by atoms with Gasteiger partial charge in [0.25, 0.3) is 5.82 Å². The van der Waals surface area contributed by atoms with E-state index in [1.165, 1.54) is 76.1 Å². The first-order valence-electron chi connectivity index (χ1n) is 14.3. The summed E-state index contributed by atoms with van der Waals surface area (Å²) in [6.07, 6.45) is 0. The van der Waals surface area contributed by atoms with Gasteiger partial charge in [0.05, 0.1) is 12.6 Å². The summed E-state index contributed by atoms with van der Waals surface area (Å²) in [5, 5.41) is 2.65. The predicted octanol–water partition coefficient (Wildman–Crippen LogP) is 10.1. The van der Waals surface area contributed by atoms with Crippen LogP contribution in [-0.4, -0.2) is 4.57 Å². The third-order valence-electron chi connectivity index (χ3n) is 8.42. The highest BCUT2D eigenvalue weighted by molar-refractivity contribution is 7.25. The number of fused-ring (bicyclic) bond motifs is 4. The fourth-order valence-corrected chi connectivity index (χ4v) is 7.36. The molecule has 7 rings (SSSR count). The van der Waals surface area contributed by atoms with Crippen molar-refractivity contribution in [3.05, 3.63) is 120 Å². The van der Waals surface area contributed by atoms with E-state index in [-0.39, 0.29) is 5.41 Å². The molecule has 7 aromatic rings. The lowest BCUT2D eigenvalue weighted by Crippen LogP contribution is -2.34. The van der Waals surface area contributed by atoms with E-state index in [0.29, 0.717) is 0 Å². The smallest absolute Gasteiger partial charge is 0.225 e. The number of aryl methyl sites for hydroxylation is 3. The second kappa shape index (κ2) is 9.43. The van der Waals surface area contributed by atoms with E-state index in [0.717, 1.165) is 0 Å². The molecule has 2 heterocycles. The van der Waals surface area contributed by atoms with Crippen molar-refractivity contribution in [1.29, 1.82) is 0 Å². The molecule has 0 saturated carbocycles. The maximum Gasteiger partial charge on any atom is 0.295 e. The fraction of sp³-hybridized carbons (Fsp3) is 0.184. The molecule has 0 bridgehead atoms. The molecular weight excluding hydrogens is 516 g/mol. The predicted molar refractivity (Wildman–Crippen MR) is 176 cm³/mol. The Morgan fingerprint density at radius 2 is 1.44 bits per heavy atom. The fourth-order valence-electron chi connectivity index (χ4n) is 6.17. The van der Waals surface area contributed by atoms with Crippen LogP contribution in [0, 0.1) is 13.8 Å². The highest BCUT2D eigenvalue weighted by atomic mass is 32.1. The normalized spacial score (nSPS) is 12.1. The molecule has 0 aliphatic rings. The summed E-state index contributed by atoms with van der Waals surface area (Å²) in [4.78, 5) is 0. The number of benzene rings is 5. The van der Waals surface area contributed by atoms with E-state index in [1.807, 2.05) is 11.3 Å². The molecule has 0 fully saturated rings. The van der Waals surface area contributed by atoms with Gasteiger partial charge in [0.15, 0.2) is 11.0 Å². The zero-order valence-electron chi connectivity index (χ0n) is 24.6. The van der Waals surface area contributed by atoms with Crippen LogP contribution in [0.2, 0.25) is 0 Å². The molecule has 2 nitrogen and oxygen atoms in total. The lowest BCUT2D eigenvalue weighted by molar-refractivity contribution is -0.555. The third kappa shape index (κ3) is 4.19. The van der Waals surface area contributed by atoms with Crippen LogP contribution >= 0.6 is 11.3 Å². The standard InChI is InChI=1S/C38H35N2S/c1-24-16-18-33-34(20-24)39(6)37(29-23-31-28-14-10-11-15-35(28)41-36(31)21-25(29)2)40(33)32-19-17-27(38(3,4)5)22-30(32)26-12-8-7-9-13-26/h7-23H,1-6H3/q+1. The van der Waals surface area contributed by atoms with Gasteiger partial charge in [-0.1, -0.05) is 81.4 Å². The summed E-state index contributed by atoms with van der Waals surface area (Å²) in [5.41, 5.74) is 11.3. The topological polar surface area (TPSA) is 8.81 Å². The first kappa shape index (κ1) is 25.7. The molecule has 0 atom stereocenters. The summed E-state index contributed by atoms with van der Waals surface area (Å²) in [7, 11) is 2.22. The van der Waals surface area contributed by atoms with Crippen molar-refractivity contribution in [2.75, 3.05) is 0 Å². The minimum Gasteiger partial charge on any atom is -0.225 e. The summed E-state index contributed by atoms with van der Waals surface area (Å²) >= 11 is 1.88. The van der Waals surface area contributed by atoms with Crippen molar-refractivity contribution in [3.8, 4) is 28.2 Å². The molecule has 202 valence electrons. The van der Waals surface area contributed by atoms with Crippen molar-refractivity contribution in [2.45, 2.75) is 40.0 Å². The number of aromatic nitrogens is 2. The molecule has 0 amide bonds. The minimum absolute atomic E-state index is 0.0487. The summed E-state index contributed by atoms with van der Waals surface area (Å²) in [6.45, 7) is 11.3. The summed E-state index contributed by atoms with van der Waals surface area (Å²) in [6, 6.07) is 38.3. The van der Waals surface area contributed by atoms with E-state index in [1.54, 1.807) is 0 Å². The highest BCUT2D eigenvalue weighted by Gasteiger charge is 2.30. The molecule has 0 unspecified atom stereocenters. The first-order chi connectivity index (χ1) is 19.7. The third-order valence-corrected chi connectivity index (χ3v) is 9.55. The second-order valence-corrected chi connectivity index (χ2v) is 13.4. The molecule has 5 aromatic carbocycles. The monoisotopic (exact) mass is 551 g/mol. The Kier molecular flexibility index (Phi) is 5.92. The number of thiophene rings is 1. The number of hydrogen-bond acceptors (Lipinski definition) is 1. The Hall–Kier alpha value is -4.21. The lowest BCUT2D eigenvalue weighted by atomic mass is 9.85. The van der Waals surface area contributed by atoms with Gasteiger partial charge in [0.1, 0.15) is 5.69 Å². The van der Waals surface area contributed by atoms with E-state index in [4.69, 9.17) is 0 Å². The quantitative estimate of drug-likeness (QED) is 0.193. The van der Waals surface area contributed by atoms with E-state index in [2.05, 4.69) is 154 Å². The van der Waals surface area contributed by atoms with Crippen molar-refractivity contribution in [3.63, 3.8) is 0 Å². The largest absolute Gasteiger partial charge is 0.295 e. The van der Waals surface area contributed by atoms with E-state index < -0.39 is 0 Å². The van der Waals surface area contributed by atoms with Crippen LogP contribution in [0.15, 0.2) is 103 Å². The van der Waals surface area contributed by atoms with Crippen LogP contribution < -0.4 is 4.57 Å². The van der Waals surface area contributed by atoms with Gasteiger partial charge in [0.2, 0.25) is 0 Å². The maximum absolute atomic E-state index is 2.49. The van der Waals surface area contributed by atoms with Crippen molar-refractivity contribution in [2.24, 2.45) is 7.05 Å². The van der Waals surface area contributed by atoms with Crippen LogP contribution in [0.4, 0.5) is 0 Å². The van der Waals surface area contributed by atoms with Crippen LogP contribution in [-0.2, 0) is 12.5 Å². The highest BCUT2D eigenvalue weighted by Crippen LogP contribution is 2.39. The van der Waals surface area contributed by atoms with Gasteiger partial charge in [0, 0.05) is 25.7 Å². The van der Waals surface area contributed by atoms with Gasteiger partial charge in [-0.15, -0.1) is 11.3 Å². The van der Waals surface area contributed by atoms with Crippen LogP contribution in [0.3, 0.4) is 0 Å². The number of rotatable bonds is 3. The minimum atomic E-state index is 0.0487. The van der Waals surface area contributed by atoms with Crippen molar-refractivity contribution >= 4 is 42.5 Å². The molecule has 0 spiro atoms. The molecule has 0 aliphatic carbocycles. The molecular formula is C38H35N2S+. The molecule has 0 aliphatic heterocycles. The zero-order chi connectivity index (χ0) is 28.5. The molecule has 0 saturated heterocycles. The Bertz CT molecular complexity index is 2100. The van der Waals surface area contributed by atoms with Crippen LogP contribution in [0.25, 0.3) is 59.4 Å². The number of nitrogens with zero attached hydrogens (tertiary/aromatic N) is 2. The average molecular weight is 552 g/mol. The van der Waals surface area contributed by atoms with Gasteiger partial charge in [-0.3, -0.25) is 0 Å². The SMILES string of the molecule is Cc1ccc2c(c1)n(C)c(-c1cc3c(cc1C)sc1ccccc13)[n+]2-c1ccc(C(C)(C)C)cc1-c1ccccc1. The van der Waals surface area contributed by atoms with Gasteiger partial charge in [-0.25, -0.2) is 4.57 Å². The van der Waals surface area contributed by atoms with Gasteiger partial charge < -0.3 is 0 Å². The lowest BCUT2D eigenvalue weighted by Gasteiger charge is -2.21. The summed E-state index contributed by atoms with van der Waals surface area (Å²) in [5.74, 6) is 1.20. The molecule has 0 N–H and O–H groups in total. The second-order valence-electron chi connectivity index (χ2n) is 12.3. The Balaban J connectivity index is 1.61. The van der Waals surface area contributed by atoms with Crippen molar-refractivity contribution in [1.82, 2.24) is 4.57 Å². The maximum atomic E-state index is 2.49. The number of imidazole rings is 1. The van der Waals surface area contributed by atoms with E-state index >= 15 is 0 Å². The molecule has 3 heteroatoms. The first-order valence-corrected chi connectivity index (χ1v) is 15.2. The van der Waals surface area contributed by atoms with Crippen LogP contribution in [0.1, 0.15) is 37.5 Å².